The van der Waals surface area contributed by atoms with Crippen LogP contribution in [0.15, 0.2) is 53.2 Å². The number of furan rings is 1. The van der Waals surface area contributed by atoms with Crippen LogP contribution in [0.2, 0.25) is 6.32 Å². The minimum absolute atomic E-state index is 0.329. The van der Waals surface area contributed by atoms with Crippen LogP contribution in [-0.4, -0.2) is 22.6 Å². The normalized spacial score (nSPS) is 16.7. The van der Waals surface area contributed by atoms with Crippen LogP contribution >= 0.6 is 0 Å². The average Bonchev–Trinajstić information content (AvgIpc) is 3.16. The summed E-state index contributed by atoms with van der Waals surface area (Å²) in [5.74, 6) is 1.38. The second-order valence-corrected chi connectivity index (χ2v) is 7.11. The lowest BCUT2D eigenvalue weighted by Crippen LogP contribution is -2.39. The zero-order chi connectivity index (χ0) is 17.8. The van der Waals surface area contributed by atoms with Crippen LogP contribution in [0.1, 0.15) is 19.4 Å². The number of hydrogen-bond donors (Lipinski definition) is 0. The van der Waals surface area contributed by atoms with Gasteiger partial charge in [-0.15, -0.1) is 0 Å². The molecule has 4 aromatic rings. The number of hydrogen-bond acceptors (Lipinski definition) is 4. The van der Waals surface area contributed by atoms with Gasteiger partial charge in [-0.1, -0.05) is 38.4 Å². The summed E-state index contributed by atoms with van der Waals surface area (Å²) < 4.78 is 6.23. The van der Waals surface area contributed by atoms with E-state index in [1.165, 1.54) is 11.0 Å². The first-order valence-corrected chi connectivity index (χ1v) is 9.21. The fourth-order valence-corrected chi connectivity index (χ4v) is 4.46. The second kappa shape index (κ2) is 5.59. The molecule has 0 saturated heterocycles. The number of aromatic nitrogens is 2. The quantitative estimate of drug-likeness (QED) is 0.504. The Morgan fingerprint density at radius 2 is 1.88 bits per heavy atom. The second-order valence-electron chi connectivity index (χ2n) is 7.11. The molecule has 128 valence electrons. The standard InChI is InChI=1S/C21H20BN3O/c1-4-22-14(3)25(20-17(22)8-6-11-23-20)18-13(2)9-10-15-16-7-5-12-24-21(16)26-19(15)18/h5-12,14H,4H2,1-3H3/t14-/m0/s1. The number of pyridine rings is 2. The summed E-state index contributed by atoms with van der Waals surface area (Å²) in [5, 5.41) is 2.17. The Morgan fingerprint density at radius 1 is 1.08 bits per heavy atom. The summed E-state index contributed by atoms with van der Waals surface area (Å²) in [7, 11) is 0. The van der Waals surface area contributed by atoms with Gasteiger partial charge in [-0.05, 0) is 36.1 Å². The summed E-state index contributed by atoms with van der Waals surface area (Å²) in [6.45, 7) is 7.15. The van der Waals surface area contributed by atoms with Crippen molar-refractivity contribution in [3.05, 3.63) is 54.4 Å². The molecule has 1 atom stereocenters. The molecule has 1 aliphatic rings. The van der Waals surface area contributed by atoms with Crippen molar-refractivity contribution in [1.29, 1.82) is 0 Å². The molecule has 0 fully saturated rings. The Labute approximate surface area is 152 Å². The predicted molar refractivity (Wildman–Crippen MR) is 108 cm³/mol. The number of anilines is 2. The molecule has 3 aromatic heterocycles. The highest BCUT2D eigenvalue weighted by Crippen LogP contribution is 2.42. The van der Waals surface area contributed by atoms with E-state index >= 15 is 0 Å². The zero-order valence-electron chi connectivity index (χ0n) is 15.2. The molecule has 0 N–H and O–H groups in total. The maximum Gasteiger partial charge on any atom is 0.227 e. The molecular formula is C21H20BN3O. The highest BCUT2D eigenvalue weighted by Gasteiger charge is 2.40. The largest absolute Gasteiger partial charge is 0.435 e. The Bertz CT molecular complexity index is 1140. The molecule has 0 bridgehead atoms. The topological polar surface area (TPSA) is 42.2 Å². The molecule has 0 amide bonds. The molecule has 4 heterocycles. The first kappa shape index (κ1) is 15.4. The fraction of sp³-hybridized carbons (Fsp3) is 0.238. The number of aryl methyl sites for hydroxylation is 1. The molecule has 1 aromatic carbocycles. The Morgan fingerprint density at radius 3 is 2.73 bits per heavy atom. The van der Waals surface area contributed by atoms with Gasteiger partial charge in [-0.3, -0.25) is 0 Å². The van der Waals surface area contributed by atoms with Crippen LogP contribution in [0.3, 0.4) is 0 Å². The maximum atomic E-state index is 6.23. The van der Waals surface area contributed by atoms with Crippen molar-refractivity contribution in [3.63, 3.8) is 0 Å². The highest BCUT2D eigenvalue weighted by molar-refractivity contribution is 6.78. The molecule has 0 saturated carbocycles. The third-order valence-corrected chi connectivity index (χ3v) is 5.71. The van der Waals surface area contributed by atoms with Crippen LogP contribution in [0.4, 0.5) is 11.5 Å². The van der Waals surface area contributed by atoms with E-state index in [-0.39, 0.29) is 0 Å². The number of benzene rings is 1. The van der Waals surface area contributed by atoms with Crippen LogP contribution < -0.4 is 10.4 Å². The van der Waals surface area contributed by atoms with Gasteiger partial charge in [0.2, 0.25) is 12.4 Å². The minimum Gasteiger partial charge on any atom is -0.435 e. The smallest absolute Gasteiger partial charge is 0.227 e. The van der Waals surface area contributed by atoms with Gasteiger partial charge in [0.05, 0.1) is 5.69 Å². The molecule has 5 rings (SSSR count). The lowest BCUT2D eigenvalue weighted by molar-refractivity contribution is 0.652. The fourth-order valence-electron chi connectivity index (χ4n) is 4.46. The molecule has 0 radical (unpaired) electrons. The predicted octanol–water partition coefficient (Wildman–Crippen LogP) is 4.49. The number of rotatable bonds is 2. The van der Waals surface area contributed by atoms with E-state index in [1.54, 1.807) is 6.20 Å². The van der Waals surface area contributed by atoms with E-state index in [1.807, 2.05) is 18.3 Å². The van der Waals surface area contributed by atoms with Crippen LogP contribution in [0.5, 0.6) is 0 Å². The van der Waals surface area contributed by atoms with Gasteiger partial charge < -0.3 is 9.32 Å². The van der Waals surface area contributed by atoms with Crippen LogP contribution in [0, 0.1) is 6.92 Å². The number of nitrogens with zero attached hydrogens (tertiary/aromatic N) is 3. The minimum atomic E-state index is 0.329. The van der Waals surface area contributed by atoms with Gasteiger partial charge in [0.15, 0.2) is 5.58 Å². The lowest BCUT2D eigenvalue weighted by Gasteiger charge is -2.27. The van der Waals surface area contributed by atoms with E-state index < -0.39 is 0 Å². The Hall–Kier alpha value is -2.82. The van der Waals surface area contributed by atoms with E-state index in [2.05, 4.69) is 54.9 Å². The van der Waals surface area contributed by atoms with E-state index in [4.69, 9.17) is 9.40 Å². The van der Waals surface area contributed by atoms with Crippen molar-refractivity contribution in [1.82, 2.24) is 9.97 Å². The van der Waals surface area contributed by atoms with Gasteiger partial charge in [0.25, 0.3) is 0 Å². The van der Waals surface area contributed by atoms with E-state index in [0.29, 0.717) is 18.4 Å². The van der Waals surface area contributed by atoms with Gasteiger partial charge >= 0.3 is 0 Å². The molecule has 0 spiro atoms. The first-order valence-electron chi connectivity index (χ1n) is 9.21. The van der Waals surface area contributed by atoms with E-state index in [9.17, 15) is 0 Å². The Balaban J connectivity index is 1.83. The Kier molecular flexibility index (Phi) is 3.32. The molecule has 26 heavy (non-hydrogen) atoms. The van der Waals surface area contributed by atoms with Crippen molar-refractivity contribution >= 4 is 45.7 Å². The summed E-state index contributed by atoms with van der Waals surface area (Å²) in [4.78, 5) is 11.5. The summed E-state index contributed by atoms with van der Waals surface area (Å²) >= 11 is 0. The summed E-state index contributed by atoms with van der Waals surface area (Å²) in [6, 6.07) is 12.6. The van der Waals surface area contributed by atoms with Crippen LogP contribution in [0.25, 0.3) is 22.1 Å². The molecule has 5 heteroatoms. The van der Waals surface area contributed by atoms with Gasteiger partial charge in [0, 0.05) is 29.1 Å². The van der Waals surface area contributed by atoms with Crippen molar-refractivity contribution in [3.8, 4) is 0 Å². The third-order valence-electron chi connectivity index (χ3n) is 5.71. The van der Waals surface area contributed by atoms with Crippen molar-refractivity contribution in [2.24, 2.45) is 0 Å². The van der Waals surface area contributed by atoms with E-state index in [0.717, 1.165) is 34.2 Å². The highest BCUT2D eigenvalue weighted by atomic mass is 16.3. The summed E-state index contributed by atoms with van der Waals surface area (Å²) in [5.41, 5.74) is 5.22. The van der Waals surface area contributed by atoms with Crippen molar-refractivity contribution in [2.75, 3.05) is 4.90 Å². The molecule has 1 aliphatic heterocycles. The summed E-state index contributed by atoms with van der Waals surface area (Å²) in [6.07, 6.45) is 4.75. The molecular weight excluding hydrogens is 321 g/mol. The third kappa shape index (κ3) is 1.97. The molecule has 0 unspecified atom stereocenters. The van der Waals surface area contributed by atoms with Crippen molar-refractivity contribution < 1.29 is 4.42 Å². The number of fused-ring (bicyclic) bond motifs is 4. The zero-order valence-corrected chi connectivity index (χ0v) is 15.2. The first-order chi connectivity index (χ1) is 12.7. The van der Waals surface area contributed by atoms with Gasteiger partial charge in [-0.2, -0.15) is 0 Å². The van der Waals surface area contributed by atoms with Gasteiger partial charge in [0.1, 0.15) is 5.82 Å². The average molecular weight is 341 g/mol. The van der Waals surface area contributed by atoms with Gasteiger partial charge in [-0.25, -0.2) is 9.97 Å². The maximum absolute atomic E-state index is 6.23. The SMILES string of the molecule is CCB1c2cccnc2N(c2c(C)ccc3c2oc2ncccc23)[C@H]1C. The van der Waals surface area contributed by atoms with Crippen LogP contribution in [-0.2, 0) is 0 Å². The van der Waals surface area contributed by atoms with Crippen molar-refractivity contribution in [2.45, 2.75) is 33.0 Å². The monoisotopic (exact) mass is 341 g/mol. The molecule has 4 nitrogen and oxygen atoms in total. The molecule has 0 aliphatic carbocycles. The lowest BCUT2D eigenvalue weighted by atomic mass is 9.40.